The molecule has 0 saturated carbocycles. The van der Waals surface area contributed by atoms with Gasteiger partial charge in [0, 0.05) is 11.3 Å². The molecule has 1 aromatic carbocycles. The first kappa shape index (κ1) is 10.2. The molecule has 0 bridgehead atoms. The highest BCUT2D eigenvalue weighted by Gasteiger charge is 2.17. The van der Waals surface area contributed by atoms with Crippen LogP contribution in [0.4, 0.5) is 4.39 Å². The van der Waals surface area contributed by atoms with Crippen LogP contribution in [0.3, 0.4) is 0 Å². The minimum Gasteiger partial charge on any atom is -0.458 e. The molecule has 80 valence electrons. The van der Waals surface area contributed by atoms with Crippen molar-refractivity contribution >= 4 is 11.0 Å². The van der Waals surface area contributed by atoms with E-state index in [1.807, 2.05) is 6.92 Å². The van der Waals surface area contributed by atoms with E-state index in [-0.39, 0.29) is 17.3 Å². The average molecular weight is 208 g/mol. The number of aliphatic hydroxyl groups is 1. The van der Waals surface area contributed by atoms with Crippen LogP contribution in [0.25, 0.3) is 11.0 Å². The lowest BCUT2D eigenvalue weighted by atomic mass is 10.0. The van der Waals surface area contributed by atoms with Crippen LogP contribution in [0.1, 0.15) is 25.5 Å². The zero-order valence-corrected chi connectivity index (χ0v) is 8.70. The molecule has 2 atom stereocenters. The van der Waals surface area contributed by atoms with Crippen molar-refractivity contribution < 1.29 is 13.9 Å². The molecule has 0 radical (unpaired) electrons. The Kier molecular flexibility index (Phi) is 2.49. The van der Waals surface area contributed by atoms with Gasteiger partial charge in [-0.25, -0.2) is 4.39 Å². The van der Waals surface area contributed by atoms with Crippen molar-refractivity contribution in [1.29, 1.82) is 0 Å². The highest BCUT2D eigenvalue weighted by Crippen LogP contribution is 2.28. The van der Waals surface area contributed by atoms with Crippen LogP contribution in [-0.2, 0) is 0 Å². The topological polar surface area (TPSA) is 33.4 Å². The molecule has 0 aliphatic rings. The maximum absolute atomic E-state index is 13.3. The third-order valence-corrected chi connectivity index (χ3v) is 2.69. The second-order valence-corrected chi connectivity index (χ2v) is 3.84. The highest BCUT2D eigenvalue weighted by molar-refractivity contribution is 5.78. The van der Waals surface area contributed by atoms with E-state index in [2.05, 4.69) is 0 Å². The van der Waals surface area contributed by atoms with Crippen molar-refractivity contribution in [1.82, 2.24) is 0 Å². The predicted molar refractivity (Wildman–Crippen MR) is 56.3 cm³/mol. The molecular formula is C12H13FO2. The summed E-state index contributed by atoms with van der Waals surface area (Å²) in [7, 11) is 0. The fraction of sp³-hybridized carbons (Fsp3) is 0.333. The number of hydrogen-bond acceptors (Lipinski definition) is 2. The van der Waals surface area contributed by atoms with Crippen molar-refractivity contribution in [3.8, 4) is 0 Å². The van der Waals surface area contributed by atoms with E-state index in [1.54, 1.807) is 25.1 Å². The van der Waals surface area contributed by atoms with E-state index < -0.39 is 6.10 Å². The summed E-state index contributed by atoms with van der Waals surface area (Å²) in [5.41, 5.74) is 0.264. The Labute approximate surface area is 87.3 Å². The highest BCUT2D eigenvalue weighted by atomic mass is 19.1. The maximum atomic E-state index is 13.3. The summed E-state index contributed by atoms with van der Waals surface area (Å²) >= 11 is 0. The number of aliphatic hydroxyl groups excluding tert-OH is 1. The fourth-order valence-electron chi connectivity index (χ4n) is 1.51. The first-order valence-electron chi connectivity index (χ1n) is 4.95. The van der Waals surface area contributed by atoms with Crippen molar-refractivity contribution in [3.05, 3.63) is 35.8 Å². The Bertz CT molecular complexity index is 473. The molecule has 1 aromatic heterocycles. The SMILES string of the molecule is CC(O)C(C)c1cc2cccc(F)c2o1. The number of benzene rings is 1. The number of furan rings is 1. The van der Waals surface area contributed by atoms with Gasteiger partial charge in [-0.2, -0.15) is 0 Å². The summed E-state index contributed by atoms with van der Waals surface area (Å²) in [6.45, 7) is 3.54. The van der Waals surface area contributed by atoms with E-state index in [4.69, 9.17) is 4.42 Å². The predicted octanol–water partition coefficient (Wildman–Crippen LogP) is 3.06. The minimum absolute atomic E-state index is 0.128. The molecule has 0 fully saturated rings. The first-order valence-corrected chi connectivity index (χ1v) is 4.95. The van der Waals surface area contributed by atoms with Gasteiger partial charge >= 0.3 is 0 Å². The summed E-state index contributed by atoms with van der Waals surface area (Å²) < 4.78 is 18.7. The van der Waals surface area contributed by atoms with Gasteiger partial charge in [0.25, 0.3) is 0 Å². The van der Waals surface area contributed by atoms with Gasteiger partial charge in [-0.05, 0) is 19.1 Å². The van der Waals surface area contributed by atoms with Gasteiger partial charge in [0.15, 0.2) is 11.4 Å². The Morgan fingerprint density at radius 2 is 2.07 bits per heavy atom. The summed E-state index contributed by atoms with van der Waals surface area (Å²) in [5.74, 6) is 0.124. The summed E-state index contributed by atoms with van der Waals surface area (Å²) in [5, 5.41) is 10.1. The Morgan fingerprint density at radius 3 is 2.67 bits per heavy atom. The van der Waals surface area contributed by atoms with Crippen molar-refractivity contribution in [2.75, 3.05) is 0 Å². The summed E-state index contributed by atoms with van der Waals surface area (Å²) in [4.78, 5) is 0. The lowest BCUT2D eigenvalue weighted by molar-refractivity contribution is 0.159. The molecule has 0 aliphatic carbocycles. The molecule has 2 nitrogen and oxygen atoms in total. The van der Waals surface area contributed by atoms with E-state index in [0.29, 0.717) is 5.76 Å². The van der Waals surface area contributed by atoms with Crippen LogP contribution in [0.15, 0.2) is 28.7 Å². The molecule has 2 rings (SSSR count). The van der Waals surface area contributed by atoms with E-state index in [9.17, 15) is 9.50 Å². The molecule has 1 heterocycles. The van der Waals surface area contributed by atoms with Gasteiger partial charge in [-0.15, -0.1) is 0 Å². The zero-order valence-electron chi connectivity index (χ0n) is 8.70. The maximum Gasteiger partial charge on any atom is 0.169 e. The average Bonchev–Trinajstić information content (AvgIpc) is 2.61. The van der Waals surface area contributed by atoms with Crippen molar-refractivity contribution in [2.24, 2.45) is 0 Å². The van der Waals surface area contributed by atoms with Crippen molar-refractivity contribution in [2.45, 2.75) is 25.9 Å². The van der Waals surface area contributed by atoms with E-state index in [1.165, 1.54) is 6.07 Å². The second kappa shape index (κ2) is 3.66. The normalized spacial score (nSPS) is 15.5. The van der Waals surface area contributed by atoms with Gasteiger partial charge in [0.05, 0.1) is 6.10 Å². The molecule has 3 heteroatoms. The standard InChI is InChI=1S/C12H13FO2/c1-7(8(2)14)11-6-9-4-3-5-10(13)12(9)15-11/h3-8,14H,1-2H3. The van der Waals surface area contributed by atoms with Gasteiger partial charge in [0.1, 0.15) is 5.76 Å². The van der Waals surface area contributed by atoms with Crippen LogP contribution >= 0.6 is 0 Å². The minimum atomic E-state index is -0.506. The number of fused-ring (bicyclic) bond motifs is 1. The van der Waals surface area contributed by atoms with Crippen LogP contribution in [-0.4, -0.2) is 11.2 Å². The third kappa shape index (κ3) is 1.75. The molecule has 0 spiro atoms. The second-order valence-electron chi connectivity index (χ2n) is 3.84. The van der Waals surface area contributed by atoms with Gasteiger partial charge < -0.3 is 9.52 Å². The molecule has 0 amide bonds. The smallest absolute Gasteiger partial charge is 0.169 e. The molecular weight excluding hydrogens is 195 g/mol. The number of rotatable bonds is 2. The molecule has 15 heavy (non-hydrogen) atoms. The van der Waals surface area contributed by atoms with Gasteiger partial charge in [-0.1, -0.05) is 19.1 Å². The van der Waals surface area contributed by atoms with E-state index in [0.717, 1.165) is 5.39 Å². The van der Waals surface area contributed by atoms with E-state index >= 15 is 0 Å². The molecule has 2 aromatic rings. The molecule has 2 unspecified atom stereocenters. The number of hydrogen-bond donors (Lipinski definition) is 1. The number of para-hydroxylation sites is 1. The third-order valence-electron chi connectivity index (χ3n) is 2.69. The quantitative estimate of drug-likeness (QED) is 0.822. The Hall–Kier alpha value is -1.35. The van der Waals surface area contributed by atoms with Crippen LogP contribution in [0.5, 0.6) is 0 Å². The number of halogens is 1. The Morgan fingerprint density at radius 1 is 1.33 bits per heavy atom. The Balaban J connectivity index is 2.52. The zero-order chi connectivity index (χ0) is 11.0. The molecule has 0 aliphatic heterocycles. The first-order chi connectivity index (χ1) is 7.09. The fourth-order valence-corrected chi connectivity index (χ4v) is 1.51. The van der Waals surface area contributed by atoms with Crippen molar-refractivity contribution in [3.63, 3.8) is 0 Å². The largest absolute Gasteiger partial charge is 0.458 e. The molecule has 0 saturated heterocycles. The van der Waals surface area contributed by atoms with Crippen LogP contribution in [0.2, 0.25) is 0 Å². The summed E-state index contributed by atoms with van der Waals surface area (Å²) in [6, 6.07) is 6.57. The van der Waals surface area contributed by atoms with Crippen LogP contribution in [0, 0.1) is 5.82 Å². The van der Waals surface area contributed by atoms with Crippen LogP contribution < -0.4 is 0 Å². The van der Waals surface area contributed by atoms with Gasteiger partial charge in [-0.3, -0.25) is 0 Å². The lowest BCUT2D eigenvalue weighted by Crippen LogP contribution is -2.09. The lowest BCUT2D eigenvalue weighted by Gasteiger charge is -2.10. The van der Waals surface area contributed by atoms with Gasteiger partial charge in [0.2, 0.25) is 0 Å². The molecule has 1 N–H and O–H groups in total. The summed E-state index contributed by atoms with van der Waals surface area (Å²) in [6.07, 6.45) is -0.506. The monoisotopic (exact) mass is 208 g/mol.